The van der Waals surface area contributed by atoms with Gasteiger partial charge in [0.05, 0.1) is 0 Å². The second kappa shape index (κ2) is 6.42. The van der Waals surface area contributed by atoms with Gasteiger partial charge in [-0.25, -0.2) is 24.6 Å². The van der Waals surface area contributed by atoms with Gasteiger partial charge in [-0.15, -0.1) is 0 Å². The number of hydrogen-bond donors (Lipinski definition) is 0. The molecule has 0 N–H and O–H groups in total. The third kappa shape index (κ3) is 2.90. The molecule has 2 fully saturated rings. The minimum absolute atomic E-state index is 0.0837. The number of carbonyl (C=O) groups excluding carboxylic acids is 1. The van der Waals surface area contributed by atoms with Crippen LogP contribution in [0, 0.1) is 11.8 Å². The Kier molecular flexibility index (Phi) is 3.77. The van der Waals surface area contributed by atoms with Gasteiger partial charge >= 0.3 is 0 Å². The molecule has 27 heavy (non-hydrogen) atoms. The molecule has 2 aliphatic rings. The summed E-state index contributed by atoms with van der Waals surface area (Å²) < 4.78 is 1.72. The zero-order chi connectivity index (χ0) is 18.2. The first-order chi connectivity index (χ1) is 13.3. The summed E-state index contributed by atoms with van der Waals surface area (Å²) >= 11 is 0. The Bertz CT molecular complexity index is 931. The zero-order valence-corrected chi connectivity index (χ0v) is 14.6. The normalized spacial score (nSPS) is 21.5. The van der Waals surface area contributed by atoms with Gasteiger partial charge in [0.25, 0.3) is 5.91 Å². The maximum atomic E-state index is 12.6. The predicted octanol–water partition coefficient (Wildman–Crippen LogP) is 0.661. The lowest BCUT2D eigenvalue weighted by Crippen LogP contribution is -2.34. The van der Waals surface area contributed by atoms with Gasteiger partial charge in [-0.1, -0.05) is 0 Å². The number of aromatic nitrogens is 6. The Labute approximate surface area is 155 Å². The van der Waals surface area contributed by atoms with Crippen LogP contribution in [0.2, 0.25) is 0 Å². The summed E-state index contributed by atoms with van der Waals surface area (Å²) in [5, 5.41) is 4.22. The Morgan fingerprint density at radius 3 is 2.33 bits per heavy atom. The maximum absolute atomic E-state index is 12.6. The van der Waals surface area contributed by atoms with Crippen LogP contribution in [-0.4, -0.2) is 66.7 Å². The van der Waals surface area contributed by atoms with Gasteiger partial charge in [-0.3, -0.25) is 4.79 Å². The van der Waals surface area contributed by atoms with Crippen LogP contribution in [-0.2, 0) is 0 Å². The summed E-state index contributed by atoms with van der Waals surface area (Å²) in [5.41, 5.74) is 0. The molecule has 0 saturated carbocycles. The first-order valence-corrected chi connectivity index (χ1v) is 8.91. The van der Waals surface area contributed by atoms with E-state index in [1.165, 1.54) is 0 Å². The molecule has 0 aliphatic carbocycles. The largest absolute Gasteiger partial charge is 0.356 e. The molecule has 5 heterocycles. The zero-order valence-electron chi connectivity index (χ0n) is 14.6. The van der Waals surface area contributed by atoms with Gasteiger partial charge in [0, 0.05) is 68.9 Å². The van der Waals surface area contributed by atoms with E-state index >= 15 is 0 Å². The summed E-state index contributed by atoms with van der Waals surface area (Å²) in [5.74, 6) is 2.70. The molecule has 2 aliphatic heterocycles. The van der Waals surface area contributed by atoms with Gasteiger partial charge in [0.15, 0.2) is 5.82 Å². The van der Waals surface area contributed by atoms with Crippen molar-refractivity contribution in [3.63, 3.8) is 0 Å². The highest BCUT2D eigenvalue weighted by Gasteiger charge is 2.42. The van der Waals surface area contributed by atoms with Crippen molar-refractivity contribution in [1.29, 1.82) is 0 Å². The fraction of sp³-hybridized carbons (Fsp3) is 0.333. The number of amides is 1. The van der Waals surface area contributed by atoms with Crippen LogP contribution >= 0.6 is 0 Å². The average molecular weight is 362 g/mol. The number of hydrogen-bond acceptors (Lipinski definition) is 7. The fourth-order valence-corrected chi connectivity index (χ4v) is 3.94. The van der Waals surface area contributed by atoms with Gasteiger partial charge in [0.2, 0.25) is 5.82 Å². The molecule has 0 spiro atoms. The highest BCUT2D eigenvalue weighted by atomic mass is 16.2. The SMILES string of the molecule is O=C(c1ncccn1)N1CC2CN(c3cc(-n4cccn4)ncn3)CC2C1. The standard InChI is InChI=1S/C18H18N8O/c27-18(17-19-3-1-4-20-17)25-10-13-8-24(9-14(13)11-25)15-7-16(22-12-21-15)26-6-2-5-23-26/h1-7,12-14H,8-11H2. The average Bonchev–Trinajstić information content (AvgIpc) is 3.44. The highest BCUT2D eigenvalue weighted by molar-refractivity contribution is 5.90. The van der Waals surface area contributed by atoms with Crippen LogP contribution in [0.25, 0.3) is 5.82 Å². The lowest BCUT2D eigenvalue weighted by molar-refractivity contribution is 0.0770. The minimum Gasteiger partial charge on any atom is -0.356 e. The molecule has 0 bridgehead atoms. The molecular weight excluding hydrogens is 344 g/mol. The smallest absolute Gasteiger partial charge is 0.291 e. The van der Waals surface area contributed by atoms with Crippen LogP contribution in [0.15, 0.2) is 49.3 Å². The maximum Gasteiger partial charge on any atom is 0.291 e. The lowest BCUT2D eigenvalue weighted by atomic mass is 10.0. The minimum atomic E-state index is -0.0837. The summed E-state index contributed by atoms with van der Waals surface area (Å²) in [7, 11) is 0. The molecule has 2 unspecified atom stereocenters. The van der Waals surface area contributed by atoms with Crippen molar-refractivity contribution >= 4 is 11.7 Å². The summed E-state index contributed by atoms with van der Waals surface area (Å²) in [6.07, 6.45) is 8.36. The summed E-state index contributed by atoms with van der Waals surface area (Å²) in [4.78, 5) is 33.6. The van der Waals surface area contributed by atoms with Crippen molar-refractivity contribution in [2.75, 3.05) is 31.1 Å². The van der Waals surface area contributed by atoms with Crippen molar-refractivity contribution in [2.45, 2.75) is 0 Å². The number of fused-ring (bicyclic) bond motifs is 1. The van der Waals surface area contributed by atoms with Gasteiger partial charge in [-0.05, 0) is 12.1 Å². The lowest BCUT2D eigenvalue weighted by Gasteiger charge is -2.22. The van der Waals surface area contributed by atoms with Gasteiger partial charge < -0.3 is 9.80 Å². The second-order valence-corrected chi connectivity index (χ2v) is 6.89. The fourth-order valence-electron chi connectivity index (χ4n) is 3.94. The van der Waals surface area contributed by atoms with E-state index in [0.717, 1.165) is 37.8 Å². The van der Waals surface area contributed by atoms with Gasteiger partial charge in [0.1, 0.15) is 12.1 Å². The van der Waals surface area contributed by atoms with E-state index in [4.69, 9.17) is 0 Å². The van der Waals surface area contributed by atoms with Crippen molar-refractivity contribution in [2.24, 2.45) is 11.8 Å². The molecule has 0 radical (unpaired) electrons. The van der Waals surface area contributed by atoms with Crippen LogP contribution < -0.4 is 4.90 Å². The van der Waals surface area contributed by atoms with Crippen molar-refractivity contribution in [1.82, 2.24) is 34.6 Å². The monoisotopic (exact) mass is 362 g/mol. The van der Waals surface area contributed by atoms with E-state index < -0.39 is 0 Å². The van der Waals surface area contributed by atoms with Crippen molar-refractivity contribution in [3.8, 4) is 5.82 Å². The van der Waals surface area contributed by atoms with E-state index in [1.54, 1.807) is 35.7 Å². The molecule has 2 saturated heterocycles. The van der Waals surface area contributed by atoms with E-state index in [-0.39, 0.29) is 11.7 Å². The highest BCUT2D eigenvalue weighted by Crippen LogP contribution is 2.33. The summed E-state index contributed by atoms with van der Waals surface area (Å²) in [6.45, 7) is 3.21. The van der Waals surface area contributed by atoms with Crippen LogP contribution in [0.3, 0.4) is 0 Å². The number of rotatable bonds is 3. The predicted molar refractivity (Wildman–Crippen MR) is 96.3 cm³/mol. The van der Waals surface area contributed by atoms with Crippen molar-refractivity contribution < 1.29 is 4.79 Å². The Hall–Kier alpha value is -3.36. The molecule has 0 aromatic carbocycles. The number of anilines is 1. The first-order valence-electron chi connectivity index (χ1n) is 8.91. The molecular formula is C18H18N8O. The molecule has 136 valence electrons. The number of nitrogens with zero attached hydrogens (tertiary/aromatic N) is 8. The molecule has 2 atom stereocenters. The molecule has 3 aromatic rings. The number of carbonyl (C=O) groups is 1. The Balaban J connectivity index is 1.28. The van der Waals surface area contributed by atoms with E-state index in [2.05, 4.69) is 29.9 Å². The molecule has 5 rings (SSSR count). The second-order valence-electron chi connectivity index (χ2n) is 6.89. The molecule has 9 heteroatoms. The van der Waals surface area contributed by atoms with E-state index in [0.29, 0.717) is 11.8 Å². The summed E-state index contributed by atoms with van der Waals surface area (Å²) in [6, 6.07) is 5.53. The van der Waals surface area contributed by atoms with E-state index in [1.807, 2.05) is 23.2 Å². The quantitative estimate of drug-likeness (QED) is 0.676. The van der Waals surface area contributed by atoms with Crippen LogP contribution in [0.1, 0.15) is 10.6 Å². The molecule has 3 aromatic heterocycles. The molecule has 1 amide bonds. The molecule has 9 nitrogen and oxygen atoms in total. The van der Waals surface area contributed by atoms with Gasteiger partial charge in [-0.2, -0.15) is 5.10 Å². The first kappa shape index (κ1) is 15.9. The van der Waals surface area contributed by atoms with E-state index in [9.17, 15) is 4.79 Å². The third-order valence-electron chi connectivity index (χ3n) is 5.23. The van der Waals surface area contributed by atoms with Crippen LogP contribution in [0.5, 0.6) is 0 Å². The topological polar surface area (TPSA) is 92.9 Å². The Morgan fingerprint density at radius 2 is 1.63 bits per heavy atom. The third-order valence-corrected chi connectivity index (χ3v) is 5.23. The van der Waals surface area contributed by atoms with Crippen molar-refractivity contribution in [3.05, 3.63) is 55.1 Å². The van der Waals surface area contributed by atoms with Crippen LogP contribution in [0.4, 0.5) is 5.82 Å². The number of likely N-dealkylation sites (tertiary alicyclic amines) is 1. The Morgan fingerprint density at radius 1 is 0.889 bits per heavy atom.